The van der Waals surface area contributed by atoms with E-state index in [1.807, 2.05) is 13.8 Å². The van der Waals surface area contributed by atoms with Gasteiger partial charge in [-0.25, -0.2) is 4.79 Å². The number of hydrogen-bond donors (Lipinski definition) is 0. The summed E-state index contributed by atoms with van der Waals surface area (Å²) in [5.74, 6) is -0.270. The molecule has 22 heavy (non-hydrogen) atoms. The van der Waals surface area contributed by atoms with Crippen LogP contribution in [0.4, 0.5) is 0 Å². The van der Waals surface area contributed by atoms with Crippen LogP contribution >= 0.6 is 0 Å². The molecule has 0 spiro atoms. The summed E-state index contributed by atoms with van der Waals surface area (Å²) in [5.41, 5.74) is 2.45. The van der Waals surface area contributed by atoms with Crippen molar-refractivity contribution in [2.75, 3.05) is 20.3 Å². The third-order valence-corrected chi connectivity index (χ3v) is 3.42. The SMILES string of the molecule is CCOC(CC/C(C)=C\CC/C(=C\C(=O)OC)CC)OCC. The minimum absolute atomic E-state index is 0.108. The molecule has 0 aromatic carbocycles. The van der Waals surface area contributed by atoms with Gasteiger partial charge in [-0.2, -0.15) is 0 Å². The summed E-state index contributed by atoms with van der Waals surface area (Å²) in [5, 5.41) is 0. The second-order valence-corrected chi connectivity index (χ2v) is 5.15. The van der Waals surface area contributed by atoms with Crippen LogP contribution in [-0.2, 0) is 19.0 Å². The van der Waals surface area contributed by atoms with Gasteiger partial charge in [-0.05, 0) is 46.5 Å². The second kappa shape index (κ2) is 13.5. The van der Waals surface area contributed by atoms with Crippen LogP contribution in [0.2, 0.25) is 0 Å². The normalized spacial score (nSPS) is 12.8. The van der Waals surface area contributed by atoms with E-state index in [1.54, 1.807) is 6.08 Å². The van der Waals surface area contributed by atoms with Crippen molar-refractivity contribution < 1.29 is 19.0 Å². The Bertz CT molecular complexity index is 352. The fraction of sp³-hybridized carbons (Fsp3) is 0.722. The van der Waals surface area contributed by atoms with Gasteiger partial charge in [0.15, 0.2) is 6.29 Å². The quantitative estimate of drug-likeness (QED) is 0.232. The summed E-state index contributed by atoms with van der Waals surface area (Å²) in [6.07, 6.45) is 8.27. The standard InChI is InChI=1S/C18H32O4/c1-6-16(14-17(19)20-5)11-9-10-15(4)12-13-18(21-7-2)22-8-3/h10,14,18H,6-9,11-13H2,1-5H3/b15-10-,16-14-. The molecule has 0 aromatic heterocycles. The molecule has 0 amide bonds. The van der Waals surface area contributed by atoms with Crippen molar-refractivity contribution in [1.82, 2.24) is 0 Å². The molecule has 4 heteroatoms. The van der Waals surface area contributed by atoms with E-state index >= 15 is 0 Å². The van der Waals surface area contributed by atoms with Gasteiger partial charge in [-0.15, -0.1) is 0 Å². The van der Waals surface area contributed by atoms with Crippen LogP contribution in [0.25, 0.3) is 0 Å². The first-order valence-corrected chi connectivity index (χ1v) is 8.23. The smallest absolute Gasteiger partial charge is 0.330 e. The molecule has 0 bridgehead atoms. The number of carbonyl (C=O) groups excluding carboxylic acids is 1. The van der Waals surface area contributed by atoms with E-state index in [9.17, 15) is 4.79 Å². The summed E-state index contributed by atoms with van der Waals surface area (Å²) in [7, 11) is 1.41. The van der Waals surface area contributed by atoms with Crippen molar-refractivity contribution in [3.05, 3.63) is 23.3 Å². The maximum Gasteiger partial charge on any atom is 0.330 e. The van der Waals surface area contributed by atoms with Gasteiger partial charge in [-0.1, -0.05) is 24.1 Å². The molecule has 0 saturated carbocycles. The lowest BCUT2D eigenvalue weighted by Crippen LogP contribution is -2.17. The summed E-state index contributed by atoms with van der Waals surface area (Å²) in [4.78, 5) is 11.2. The summed E-state index contributed by atoms with van der Waals surface area (Å²) >= 11 is 0. The number of rotatable bonds is 12. The molecule has 0 fully saturated rings. The molecule has 0 aliphatic carbocycles. The zero-order valence-electron chi connectivity index (χ0n) is 14.8. The van der Waals surface area contributed by atoms with Gasteiger partial charge in [0, 0.05) is 25.7 Å². The van der Waals surface area contributed by atoms with Crippen LogP contribution in [0, 0.1) is 0 Å². The molecule has 0 aliphatic rings. The fourth-order valence-corrected chi connectivity index (χ4v) is 2.11. The molecule has 0 aromatic rings. The predicted octanol–water partition coefficient (Wildman–Crippen LogP) is 4.40. The van der Waals surface area contributed by atoms with E-state index in [4.69, 9.17) is 9.47 Å². The third-order valence-electron chi connectivity index (χ3n) is 3.42. The van der Waals surface area contributed by atoms with E-state index in [0.29, 0.717) is 13.2 Å². The Kier molecular flexibility index (Phi) is 12.8. The average molecular weight is 312 g/mol. The zero-order valence-corrected chi connectivity index (χ0v) is 14.8. The number of esters is 1. The van der Waals surface area contributed by atoms with Gasteiger partial charge in [0.05, 0.1) is 7.11 Å². The predicted molar refractivity (Wildman–Crippen MR) is 89.7 cm³/mol. The first kappa shape index (κ1) is 20.9. The highest BCUT2D eigenvalue weighted by atomic mass is 16.7. The zero-order chi connectivity index (χ0) is 16.8. The van der Waals surface area contributed by atoms with Crippen LogP contribution in [0.15, 0.2) is 23.3 Å². The molecule has 0 atom stereocenters. The monoisotopic (exact) mass is 312 g/mol. The molecule has 0 rings (SSSR count). The summed E-state index contributed by atoms with van der Waals surface area (Å²) in [6.45, 7) is 9.49. The maximum absolute atomic E-state index is 11.2. The minimum Gasteiger partial charge on any atom is -0.466 e. The maximum atomic E-state index is 11.2. The second-order valence-electron chi connectivity index (χ2n) is 5.15. The largest absolute Gasteiger partial charge is 0.466 e. The molecular formula is C18H32O4. The summed E-state index contributed by atoms with van der Waals surface area (Å²) in [6, 6.07) is 0. The van der Waals surface area contributed by atoms with E-state index in [0.717, 1.165) is 37.7 Å². The Balaban J connectivity index is 4.20. The lowest BCUT2D eigenvalue weighted by Gasteiger charge is -2.16. The Morgan fingerprint density at radius 2 is 1.73 bits per heavy atom. The van der Waals surface area contributed by atoms with Gasteiger partial charge in [0.1, 0.15) is 0 Å². The molecular weight excluding hydrogens is 280 g/mol. The topological polar surface area (TPSA) is 44.8 Å². The van der Waals surface area contributed by atoms with Gasteiger partial charge < -0.3 is 14.2 Å². The van der Waals surface area contributed by atoms with Crippen LogP contribution in [0.5, 0.6) is 0 Å². The molecule has 0 aliphatic heterocycles. The van der Waals surface area contributed by atoms with Gasteiger partial charge in [-0.3, -0.25) is 0 Å². The van der Waals surface area contributed by atoms with Crippen molar-refractivity contribution in [2.24, 2.45) is 0 Å². The lowest BCUT2D eigenvalue weighted by molar-refractivity contribution is -0.139. The van der Waals surface area contributed by atoms with Crippen molar-refractivity contribution >= 4 is 5.97 Å². The molecule has 128 valence electrons. The molecule has 0 saturated heterocycles. The third kappa shape index (κ3) is 10.6. The first-order valence-electron chi connectivity index (χ1n) is 8.23. The lowest BCUT2D eigenvalue weighted by atomic mass is 10.0. The van der Waals surface area contributed by atoms with Crippen LogP contribution in [-0.4, -0.2) is 32.6 Å². The van der Waals surface area contributed by atoms with Crippen molar-refractivity contribution in [3.63, 3.8) is 0 Å². The number of allylic oxidation sites excluding steroid dienone is 3. The highest BCUT2D eigenvalue weighted by Gasteiger charge is 2.07. The number of methoxy groups -OCH3 is 1. The Labute approximate surface area is 135 Å². The van der Waals surface area contributed by atoms with Gasteiger partial charge in [0.2, 0.25) is 0 Å². The van der Waals surface area contributed by atoms with E-state index in [2.05, 4.69) is 24.7 Å². The molecule has 0 N–H and O–H groups in total. The minimum atomic E-state index is -0.270. The Morgan fingerprint density at radius 3 is 2.23 bits per heavy atom. The molecule has 0 radical (unpaired) electrons. The number of carbonyl (C=O) groups is 1. The first-order chi connectivity index (χ1) is 10.6. The fourth-order valence-electron chi connectivity index (χ4n) is 2.11. The van der Waals surface area contributed by atoms with Crippen molar-refractivity contribution in [3.8, 4) is 0 Å². The summed E-state index contributed by atoms with van der Waals surface area (Å²) < 4.78 is 15.7. The molecule has 0 heterocycles. The van der Waals surface area contributed by atoms with Crippen LogP contribution in [0.1, 0.15) is 59.8 Å². The van der Waals surface area contributed by atoms with E-state index in [1.165, 1.54) is 12.7 Å². The van der Waals surface area contributed by atoms with E-state index in [-0.39, 0.29) is 12.3 Å². The Morgan fingerprint density at radius 1 is 1.09 bits per heavy atom. The highest BCUT2D eigenvalue weighted by molar-refractivity contribution is 5.82. The van der Waals surface area contributed by atoms with E-state index < -0.39 is 0 Å². The van der Waals surface area contributed by atoms with Gasteiger partial charge in [0.25, 0.3) is 0 Å². The Hall–Kier alpha value is -1.13. The number of hydrogen-bond acceptors (Lipinski definition) is 4. The molecule has 4 nitrogen and oxygen atoms in total. The van der Waals surface area contributed by atoms with Gasteiger partial charge >= 0.3 is 5.97 Å². The van der Waals surface area contributed by atoms with Crippen LogP contribution in [0.3, 0.4) is 0 Å². The highest BCUT2D eigenvalue weighted by Crippen LogP contribution is 2.15. The van der Waals surface area contributed by atoms with Crippen LogP contribution < -0.4 is 0 Å². The van der Waals surface area contributed by atoms with Crippen molar-refractivity contribution in [2.45, 2.75) is 66.1 Å². The van der Waals surface area contributed by atoms with Crippen molar-refractivity contribution in [1.29, 1.82) is 0 Å². The molecule has 0 unspecified atom stereocenters. The average Bonchev–Trinajstić information content (AvgIpc) is 2.51. The number of ether oxygens (including phenoxy) is 3.